The highest BCUT2D eigenvalue weighted by Crippen LogP contribution is 2.30. The molecule has 0 spiro atoms. The second-order valence-corrected chi connectivity index (χ2v) is 7.23. The smallest absolute Gasteiger partial charge is 0.237 e. The van der Waals surface area contributed by atoms with Gasteiger partial charge in [-0.25, -0.2) is 4.98 Å². The van der Waals surface area contributed by atoms with E-state index in [1.807, 2.05) is 19.2 Å². The third kappa shape index (κ3) is 4.36. The number of methoxy groups -OCH3 is 1. The number of ether oxygens (including phenoxy) is 1. The lowest BCUT2D eigenvalue weighted by molar-refractivity contribution is -0.115. The molecular formula is C14H15ClN2O2S2. The van der Waals surface area contributed by atoms with Crippen molar-refractivity contribution in [2.75, 3.05) is 12.4 Å². The lowest BCUT2D eigenvalue weighted by atomic mass is 10.3. The van der Waals surface area contributed by atoms with E-state index >= 15 is 0 Å². The fourth-order valence-corrected chi connectivity index (χ4v) is 3.76. The number of carbonyl (C=O) groups is 1. The van der Waals surface area contributed by atoms with Gasteiger partial charge in [0.1, 0.15) is 5.75 Å². The Morgan fingerprint density at radius 3 is 2.90 bits per heavy atom. The van der Waals surface area contributed by atoms with Crippen LogP contribution in [0.3, 0.4) is 0 Å². The van der Waals surface area contributed by atoms with E-state index in [1.165, 1.54) is 23.1 Å². The molecule has 1 atom stereocenters. The molecule has 0 bridgehead atoms. The lowest BCUT2D eigenvalue weighted by Crippen LogP contribution is -2.22. The van der Waals surface area contributed by atoms with Crippen LogP contribution >= 0.6 is 34.7 Å². The van der Waals surface area contributed by atoms with Crippen LogP contribution in [0, 0.1) is 6.92 Å². The first kappa shape index (κ1) is 16.1. The van der Waals surface area contributed by atoms with E-state index in [0.717, 1.165) is 10.0 Å². The van der Waals surface area contributed by atoms with Crippen molar-refractivity contribution < 1.29 is 9.53 Å². The number of anilines is 1. The van der Waals surface area contributed by atoms with Gasteiger partial charge in [-0.3, -0.25) is 4.79 Å². The SMILES string of the molecule is COc1ccc(Cl)cc1NC(=O)C(C)Sc1nc(C)cs1. The number of thioether (sulfide) groups is 1. The van der Waals surface area contributed by atoms with E-state index in [2.05, 4.69) is 10.3 Å². The van der Waals surface area contributed by atoms with Crippen LogP contribution in [-0.2, 0) is 4.79 Å². The van der Waals surface area contributed by atoms with Gasteiger partial charge in [0.15, 0.2) is 4.34 Å². The van der Waals surface area contributed by atoms with Crippen LogP contribution < -0.4 is 10.1 Å². The van der Waals surface area contributed by atoms with Crippen molar-refractivity contribution in [3.05, 3.63) is 34.3 Å². The normalized spacial score (nSPS) is 12.0. The van der Waals surface area contributed by atoms with Gasteiger partial charge in [-0.05, 0) is 32.0 Å². The van der Waals surface area contributed by atoms with E-state index in [-0.39, 0.29) is 11.2 Å². The van der Waals surface area contributed by atoms with E-state index in [4.69, 9.17) is 16.3 Å². The van der Waals surface area contributed by atoms with Crippen molar-refractivity contribution >= 4 is 46.3 Å². The molecule has 112 valence electrons. The summed E-state index contributed by atoms with van der Waals surface area (Å²) in [5.41, 5.74) is 1.53. The van der Waals surface area contributed by atoms with Gasteiger partial charge < -0.3 is 10.1 Å². The predicted octanol–water partition coefficient (Wildman–Crippen LogP) is 4.23. The van der Waals surface area contributed by atoms with Gasteiger partial charge in [0.05, 0.1) is 18.0 Å². The summed E-state index contributed by atoms with van der Waals surface area (Å²) in [6, 6.07) is 5.11. The largest absolute Gasteiger partial charge is 0.495 e. The average Bonchev–Trinajstić information content (AvgIpc) is 2.84. The van der Waals surface area contributed by atoms with Gasteiger partial charge >= 0.3 is 0 Å². The molecule has 0 fully saturated rings. The van der Waals surface area contributed by atoms with Gasteiger partial charge in [-0.15, -0.1) is 11.3 Å². The molecule has 1 heterocycles. The Morgan fingerprint density at radius 2 is 2.29 bits per heavy atom. The molecule has 0 radical (unpaired) electrons. The van der Waals surface area contributed by atoms with Crippen LogP contribution in [0.4, 0.5) is 5.69 Å². The number of carbonyl (C=O) groups excluding carboxylic acids is 1. The molecule has 1 amide bonds. The highest BCUT2D eigenvalue weighted by molar-refractivity contribution is 8.02. The fourth-order valence-electron chi connectivity index (χ4n) is 1.60. The average molecular weight is 343 g/mol. The molecule has 0 saturated carbocycles. The van der Waals surface area contributed by atoms with Crippen LogP contribution in [0.1, 0.15) is 12.6 Å². The fraction of sp³-hybridized carbons (Fsp3) is 0.286. The maximum absolute atomic E-state index is 12.2. The Balaban J connectivity index is 2.05. The van der Waals surface area contributed by atoms with Gasteiger partial charge in [0.2, 0.25) is 5.91 Å². The number of hydrogen-bond acceptors (Lipinski definition) is 5. The molecule has 2 rings (SSSR count). The number of halogens is 1. The topological polar surface area (TPSA) is 51.2 Å². The summed E-state index contributed by atoms with van der Waals surface area (Å²) in [6.45, 7) is 3.77. The number of nitrogens with one attached hydrogen (secondary N) is 1. The summed E-state index contributed by atoms with van der Waals surface area (Å²) in [4.78, 5) is 16.6. The maximum Gasteiger partial charge on any atom is 0.237 e. The minimum absolute atomic E-state index is 0.117. The van der Waals surface area contributed by atoms with Crippen molar-refractivity contribution in [2.45, 2.75) is 23.4 Å². The molecule has 0 saturated heterocycles. The molecule has 0 aliphatic rings. The molecule has 7 heteroatoms. The van der Waals surface area contributed by atoms with E-state index in [9.17, 15) is 4.79 Å². The summed E-state index contributed by atoms with van der Waals surface area (Å²) >= 11 is 8.92. The van der Waals surface area contributed by atoms with Crippen molar-refractivity contribution in [1.29, 1.82) is 0 Å². The Labute approximate surface area is 136 Å². The Kier molecular flexibility index (Phi) is 5.50. The number of thiazole rings is 1. The Bertz CT molecular complexity index is 646. The summed E-state index contributed by atoms with van der Waals surface area (Å²) in [7, 11) is 1.55. The van der Waals surface area contributed by atoms with Crippen LogP contribution in [0.25, 0.3) is 0 Å². The Hall–Kier alpha value is -1.24. The van der Waals surface area contributed by atoms with Crippen molar-refractivity contribution in [2.24, 2.45) is 0 Å². The standard InChI is InChI=1S/C14H15ClN2O2S2/c1-8-7-20-14(16-8)21-9(2)13(18)17-11-6-10(15)4-5-12(11)19-3/h4-7,9H,1-3H3,(H,17,18). The molecule has 0 aliphatic heterocycles. The minimum Gasteiger partial charge on any atom is -0.495 e. The van der Waals surface area contributed by atoms with Crippen LogP contribution in [0.2, 0.25) is 5.02 Å². The first-order valence-electron chi connectivity index (χ1n) is 6.23. The molecule has 2 aromatic rings. The van der Waals surface area contributed by atoms with Gasteiger partial charge in [0, 0.05) is 16.1 Å². The summed E-state index contributed by atoms with van der Waals surface area (Å²) in [6.07, 6.45) is 0. The zero-order chi connectivity index (χ0) is 15.4. The highest BCUT2D eigenvalue weighted by Gasteiger charge is 2.18. The summed E-state index contributed by atoms with van der Waals surface area (Å²) in [5, 5.41) is 5.08. The second kappa shape index (κ2) is 7.15. The van der Waals surface area contributed by atoms with E-state index in [0.29, 0.717) is 16.5 Å². The quantitative estimate of drug-likeness (QED) is 0.826. The van der Waals surface area contributed by atoms with Crippen molar-refractivity contribution in [3.63, 3.8) is 0 Å². The number of rotatable bonds is 5. The van der Waals surface area contributed by atoms with Gasteiger partial charge in [-0.1, -0.05) is 23.4 Å². The molecule has 1 aromatic heterocycles. The molecule has 21 heavy (non-hydrogen) atoms. The molecule has 4 nitrogen and oxygen atoms in total. The zero-order valence-corrected chi connectivity index (χ0v) is 14.2. The maximum atomic E-state index is 12.2. The van der Waals surface area contributed by atoms with Crippen molar-refractivity contribution in [3.8, 4) is 5.75 Å². The number of aromatic nitrogens is 1. The molecule has 1 unspecified atom stereocenters. The van der Waals surface area contributed by atoms with Gasteiger partial charge in [-0.2, -0.15) is 0 Å². The third-order valence-corrected chi connectivity index (χ3v) is 5.09. The number of hydrogen-bond donors (Lipinski definition) is 1. The Morgan fingerprint density at radius 1 is 1.52 bits per heavy atom. The highest BCUT2D eigenvalue weighted by atomic mass is 35.5. The van der Waals surface area contributed by atoms with E-state index < -0.39 is 0 Å². The molecule has 0 aliphatic carbocycles. The number of nitrogens with zero attached hydrogens (tertiary/aromatic N) is 1. The molecular weight excluding hydrogens is 328 g/mol. The van der Waals surface area contributed by atoms with Crippen LogP contribution in [-0.4, -0.2) is 23.3 Å². The first-order chi connectivity index (χ1) is 9.99. The molecule has 1 N–H and O–H groups in total. The molecule has 1 aromatic carbocycles. The number of amides is 1. The van der Waals surface area contributed by atoms with Crippen LogP contribution in [0.5, 0.6) is 5.75 Å². The summed E-state index contributed by atoms with van der Waals surface area (Å²) in [5.74, 6) is 0.462. The van der Waals surface area contributed by atoms with Crippen molar-refractivity contribution in [1.82, 2.24) is 4.98 Å². The first-order valence-corrected chi connectivity index (χ1v) is 8.36. The summed E-state index contributed by atoms with van der Waals surface area (Å²) < 4.78 is 6.09. The predicted molar refractivity (Wildman–Crippen MR) is 88.8 cm³/mol. The van der Waals surface area contributed by atoms with E-state index in [1.54, 1.807) is 25.3 Å². The van der Waals surface area contributed by atoms with Crippen LogP contribution in [0.15, 0.2) is 27.9 Å². The second-order valence-electron chi connectivity index (χ2n) is 4.35. The number of aryl methyl sites for hydroxylation is 1. The monoisotopic (exact) mass is 342 g/mol. The minimum atomic E-state index is -0.265. The lowest BCUT2D eigenvalue weighted by Gasteiger charge is -2.13. The van der Waals surface area contributed by atoms with Gasteiger partial charge in [0.25, 0.3) is 0 Å². The number of benzene rings is 1. The third-order valence-electron chi connectivity index (χ3n) is 2.66. The zero-order valence-electron chi connectivity index (χ0n) is 11.8.